The SMILES string of the molecule is CC(=O)c1cc(C(=O)OCC(=O)Nc2cccc([N+](=O)[O-])c2)n(C)c1. The van der Waals surface area contributed by atoms with Crippen LogP contribution in [0.4, 0.5) is 11.4 Å². The monoisotopic (exact) mass is 345 g/mol. The van der Waals surface area contributed by atoms with E-state index in [4.69, 9.17) is 4.74 Å². The van der Waals surface area contributed by atoms with Crippen LogP contribution in [0.25, 0.3) is 0 Å². The zero-order valence-electron chi connectivity index (χ0n) is 13.5. The topological polar surface area (TPSA) is 121 Å². The van der Waals surface area contributed by atoms with E-state index in [-0.39, 0.29) is 22.9 Å². The minimum absolute atomic E-state index is 0.133. The van der Waals surface area contributed by atoms with Crippen molar-refractivity contribution in [2.45, 2.75) is 6.92 Å². The zero-order chi connectivity index (χ0) is 18.6. The number of benzene rings is 1. The molecule has 0 saturated carbocycles. The highest BCUT2D eigenvalue weighted by Crippen LogP contribution is 2.17. The molecule has 0 aliphatic carbocycles. The Labute approximate surface area is 142 Å². The van der Waals surface area contributed by atoms with E-state index in [0.717, 1.165) is 0 Å². The first-order valence-corrected chi connectivity index (χ1v) is 7.16. The molecule has 2 rings (SSSR count). The highest BCUT2D eigenvalue weighted by Gasteiger charge is 2.17. The van der Waals surface area contributed by atoms with Crippen LogP contribution in [0.15, 0.2) is 36.5 Å². The number of aromatic nitrogens is 1. The summed E-state index contributed by atoms with van der Waals surface area (Å²) in [5.74, 6) is -1.60. The molecule has 1 aromatic heterocycles. The predicted octanol–water partition coefficient (Wildman–Crippen LogP) is 1.93. The van der Waals surface area contributed by atoms with Crippen LogP contribution in [0, 0.1) is 10.1 Å². The molecule has 1 N–H and O–H groups in total. The lowest BCUT2D eigenvalue weighted by Crippen LogP contribution is -2.21. The highest BCUT2D eigenvalue weighted by atomic mass is 16.6. The van der Waals surface area contributed by atoms with E-state index < -0.39 is 23.4 Å². The van der Waals surface area contributed by atoms with E-state index in [1.807, 2.05) is 0 Å². The van der Waals surface area contributed by atoms with Gasteiger partial charge < -0.3 is 14.6 Å². The number of amides is 1. The number of carbonyl (C=O) groups excluding carboxylic acids is 3. The number of non-ortho nitro benzene ring substituents is 1. The van der Waals surface area contributed by atoms with Crippen LogP contribution < -0.4 is 5.32 Å². The number of esters is 1. The Kier molecular flexibility index (Phi) is 5.28. The number of hydrogen-bond acceptors (Lipinski definition) is 6. The smallest absolute Gasteiger partial charge is 0.355 e. The van der Waals surface area contributed by atoms with Crippen molar-refractivity contribution in [3.05, 3.63) is 57.9 Å². The summed E-state index contributed by atoms with van der Waals surface area (Å²) in [5.41, 5.74) is 0.534. The van der Waals surface area contributed by atoms with E-state index in [0.29, 0.717) is 5.56 Å². The fraction of sp³-hybridized carbons (Fsp3) is 0.188. The molecule has 9 heteroatoms. The summed E-state index contributed by atoms with van der Waals surface area (Å²) >= 11 is 0. The van der Waals surface area contributed by atoms with E-state index in [1.54, 1.807) is 7.05 Å². The van der Waals surface area contributed by atoms with Gasteiger partial charge in [0.2, 0.25) is 0 Å². The second-order valence-electron chi connectivity index (χ2n) is 5.21. The van der Waals surface area contributed by atoms with E-state index >= 15 is 0 Å². The van der Waals surface area contributed by atoms with Crippen LogP contribution in [-0.4, -0.2) is 33.8 Å². The summed E-state index contributed by atoms with van der Waals surface area (Å²) in [6, 6.07) is 6.76. The first-order valence-electron chi connectivity index (χ1n) is 7.16. The molecule has 130 valence electrons. The van der Waals surface area contributed by atoms with Gasteiger partial charge in [0.25, 0.3) is 11.6 Å². The number of rotatable bonds is 6. The number of nitrogens with one attached hydrogen (secondary N) is 1. The molecular weight excluding hydrogens is 330 g/mol. The number of ketones is 1. The molecule has 0 aliphatic heterocycles. The fourth-order valence-electron chi connectivity index (χ4n) is 2.06. The maximum atomic E-state index is 12.0. The maximum Gasteiger partial charge on any atom is 0.355 e. The minimum atomic E-state index is -0.760. The Morgan fingerprint density at radius 1 is 1.28 bits per heavy atom. The van der Waals surface area contributed by atoms with Crippen molar-refractivity contribution in [3.63, 3.8) is 0 Å². The number of nitro benzene ring substituents is 1. The quantitative estimate of drug-likeness (QED) is 0.369. The third-order valence-electron chi connectivity index (χ3n) is 3.30. The molecule has 1 heterocycles. The van der Waals surface area contributed by atoms with Gasteiger partial charge in [0.15, 0.2) is 12.4 Å². The molecule has 1 aromatic carbocycles. The van der Waals surface area contributed by atoms with Crippen molar-refractivity contribution in [3.8, 4) is 0 Å². The molecule has 0 spiro atoms. The van der Waals surface area contributed by atoms with Crippen molar-refractivity contribution in [2.75, 3.05) is 11.9 Å². The molecule has 0 unspecified atom stereocenters. The predicted molar refractivity (Wildman–Crippen MR) is 87.4 cm³/mol. The molecule has 0 atom stereocenters. The molecular formula is C16H15N3O6. The number of hydrogen-bond donors (Lipinski definition) is 1. The van der Waals surface area contributed by atoms with Gasteiger partial charge in [-0.15, -0.1) is 0 Å². The first kappa shape index (κ1) is 17.9. The van der Waals surface area contributed by atoms with Gasteiger partial charge in [0.1, 0.15) is 5.69 Å². The van der Waals surface area contributed by atoms with E-state index in [1.165, 1.54) is 48.0 Å². The number of nitro groups is 1. The summed E-state index contributed by atoms with van der Waals surface area (Å²) in [7, 11) is 1.58. The Hall–Kier alpha value is -3.49. The van der Waals surface area contributed by atoms with Crippen molar-refractivity contribution in [1.29, 1.82) is 0 Å². The highest BCUT2D eigenvalue weighted by molar-refractivity contribution is 5.99. The van der Waals surface area contributed by atoms with Gasteiger partial charge in [-0.3, -0.25) is 19.7 Å². The summed E-state index contributed by atoms with van der Waals surface area (Å²) in [6.07, 6.45) is 1.49. The number of ether oxygens (including phenoxy) is 1. The van der Waals surface area contributed by atoms with Crippen LogP contribution in [0.1, 0.15) is 27.8 Å². The van der Waals surface area contributed by atoms with Gasteiger partial charge in [0, 0.05) is 36.6 Å². The number of Topliss-reactive ketones (excluding diaryl/α,β-unsaturated/α-hetero) is 1. The molecule has 0 fully saturated rings. The molecule has 9 nitrogen and oxygen atoms in total. The summed E-state index contributed by atoms with van der Waals surface area (Å²) in [6.45, 7) is 0.805. The van der Waals surface area contributed by atoms with Gasteiger partial charge >= 0.3 is 5.97 Å². The van der Waals surface area contributed by atoms with Gasteiger partial charge in [-0.1, -0.05) is 6.07 Å². The van der Waals surface area contributed by atoms with Crippen LogP contribution >= 0.6 is 0 Å². The normalized spacial score (nSPS) is 10.2. The fourth-order valence-corrected chi connectivity index (χ4v) is 2.06. The maximum absolute atomic E-state index is 12.0. The van der Waals surface area contributed by atoms with Gasteiger partial charge in [-0.05, 0) is 19.1 Å². The minimum Gasteiger partial charge on any atom is -0.451 e. The third kappa shape index (κ3) is 4.50. The summed E-state index contributed by atoms with van der Waals surface area (Å²) < 4.78 is 6.32. The molecule has 1 amide bonds. The lowest BCUT2D eigenvalue weighted by Gasteiger charge is -2.07. The summed E-state index contributed by atoms with van der Waals surface area (Å²) in [5, 5.41) is 13.1. The molecule has 0 radical (unpaired) electrons. The largest absolute Gasteiger partial charge is 0.451 e. The van der Waals surface area contributed by atoms with E-state index in [9.17, 15) is 24.5 Å². The molecule has 2 aromatic rings. The molecule has 0 aliphatic rings. The Morgan fingerprint density at radius 2 is 2.00 bits per heavy atom. The van der Waals surface area contributed by atoms with Crippen molar-refractivity contribution in [1.82, 2.24) is 4.57 Å². The molecule has 0 saturated heterocycles. The number of carbonyl (C=O) groups is 3. The average molecular weight is 345 g/mol. The Bertz CT molecular complexity index is 855. The molecule has 0 bridgehead atoms. The van der Waals surface area contributed by atoms with Crippen LogP contribution in [0.2, 0.25) is 0 Å². The standard InChI is InChI=1S/C16H15N3O6/c1-10(20)11-6-14(18(2)8-11)16(22)25-9-15(21)17-12-4-3-5-13(7-12)19(23)24/h3-8H,9H2,1-2H3,(H,17,21). The van der Waals surface area contributed by atoms with Crippen molar-refractivity contribution in [2.24, 2.45) is 7.05 Å². The van der Waals surface area contributed by atoms with Gasteiger partial charge in [-0.25, -0.2) is 4.79 Å². The van der Waals surface area contributed by atoms with Crippen molar-refractivity contribution >= 4 is 29.0 Å². The third-order valence-corrected chi connectivity index (χ3v) is 3.30. The number of nitrogens with zero attached hydrogens (tertiary/aromatic N) is 2. The zero-order valence-corrected chi connectivity index (χ0v) is 13.5. The van der Waals surface area contributed by atoms with E-state index in [2.05, 4.69) is 5.32 Å². The lowest BCUT2D eigenvalue weighted by molar-refractivity contribution is -0.384. The Balaban J connectivity index is 1.96. The van der Waals surface area contributed by atoms with Crippen LogP contribution in [0.3, 0.4) is 0 Å². The second kappa shape index (κ2) is 7.39. The lowest BCUT2D eigenvalue weighted by atomic mass is 10.2. The van der Waals surface area contributed by atoms with Gasteiger partial charge in [0.05, 0.1) is 4.92 Å². The first-order chi connectivity index (χ1) is 11.8. The van der Waals surface area contributed by atoms with Crippen LogP contribution in [0.5, 0.6) is 0 Å². The molecule has 25 heavy (non-hydrogen) atoms. The second-order valence-corrected chi connectivity index (χ2v) is 5.21. The number of aryl methyl sites for hydroxylation is 1. The Morgan fingerprint density at radius 3 is 2.60 bits per heavy atom. The summed E-state index contributed by atoms with van der Waals surface area (Å²) in [4.78, 5) is 45.2. The number of anilines is 1. The van der Waals surface area contributed by atoms with Crippen LogP contribution in [-0.2, 0) is 16.6 Å². The van der Waals surface area contributed by atoms with Gasteiger partial charge in [-0.2, -0.15) is 0 Å². The van der Waals surface area contributed by atoms with Crippen molar-refractivity contribution < 1.29 is 24.0 Å². The average Bonchev–Trinajstić information content (AvgIpc) is 2.95.